The van der Waals surface area contributed by atoms with E-state index in [-0.39, 0.29) is 23.3 Å². The predicted molar refractivity (Wildman–Crippen MR) is 104 cm³/mol. The van der Waals surface area contributed by atoms with Gasteiger partial charge < -0.3 is 9.47 Å². The van der Waals surface area contributed by atoms with Crippen LogP contribution in [0.4, 0.5) is 0 Å². The molecule has 2 aromatic heterocycles. The third kappa shape index (κ3) is 4.56. The van der Waals surface area contributed by atoms with E-state index in [0.717, 1.165) is 5.56 Å². The molecule has 0 saturated carbocycles. The quantitative estimate of drug-likeness (QED) is 0.264. The Bertz CT molecular complexity index is 954. The first kappa shape index (κ1) is 19.1. The van der Waals surface area contributed by atoms with Crippen molar-refractivity contribution in [3.05, 3.63) is 65.1 Å². The molecule has 0 atom stereocenters. The first-order valence-electron chi connectivity index (χ1n) is 7.95. The zero-order chi connectivity index (χ0) is 19.2. The number of aromatic nitrogens is 3. The third-order valence-electron chi connectivity index (χ3n) is 3.65. The van der Waals surface area contributed by atoms with Crippen LogP contribution < -0.4 is 4.74 Å². The van der Waals surface area contributed by atoms with Gasteiger partial charge in [0.15, 0.2) is 10.9 Å². The van der Waals surface area contributed by atoms with Crippen LogP contribution in [0.1, 0.15) is 16.1 Å². The highest BCUT2D eigenvalue weighted by Gasteiger charge is 2.23. The predicted octanol–water partition coefficient (Wildman–Crippen LogP) is 4.28. The molecule has 0 aliphatic carbocycles. The van der Waals surface area contributed by atoms with Crippen molar-refractivity contribution in [3.8, 4) is 17.0 Å². The van der Waals surface area contributed by atoms with Crippen molar-refractivity contribution in [2.45, 2.75) is 11.8 Å². The highest BCUT2D eigenvalue weighted by molar-refractivity contribution is 7.98. The van der Waals surface area contributed by atoms with Crippen LogP contribution in [0.3, 0.4) is 0 Å². The highest BCUT2D eigenvalue weighted by atomic mass is 35.5. The number of hydrogen-bond donors (Lipinski definition) is 0. The number of ether oxygens (including phenoxy) is 2. The normalized spacial score (nSPS) is 10.5. The molecule has 0 fully saturated rings. The maximum Gasteiger partial charge on any atom is 0.357 e. The summed E-state index contributed by atoms with van der Waals surface area (Å²) < 4.78 is 10.9. The number of benzene rings is 1. The van der Waals surface area contributed by atoms with Crippen LogP contribution in [0.5, 0.6) is 5.88 Å². The van der Waals surface area contributed by atoms with Crippen molar-refractivity contribution < 1.29 is 14.3 Å². The molecule has 0 radical (unpaired) electrons. The summed E-state index contributed by atoms with van der Waals surface area (Å²) in [6.07, 6.45) is 3.36. The van der Waals surface area contributed by atoms with Crippen LogP contribution in [-0.2, 0) is 11.3 Å². The van der Waals surface area contributed by atoms with Crippen molar-refractivity contribution in [3.63, 3.8) is 0 Å². The average molecular weight is 402 g/mol. The number of esters is 1. The number of hydrogen-bond acceptors (Lipinski definition) is 7. The van der Waals surface area contributed by atoms with E-state index >= 15 is 0 Å². The fraction of sp³-hybridized carbons (Fsp3) is 0.158. The summed E-state index contributed by atoms with van der Waals surface area (Å²) in [7, 11) is 1.30. The minimum absolute atomic E-state index is 0.113. The SMILES string of the molecule is COC(=O)c1nc(SC)nc(OCc2ccccc2)c1-c1ccnc(Cl)c1. The highest BCUT2D eigenvalue weighted by Crippen LogP contribution is 2.34. The van der Waals surface area contributed by atoms with Gasteiger partial charge in [0.2, 0.25) is 5.88 Å². The Morgan fingerprint density at radius 2 is 1.96 bits per heavy atom. The largest absolute Gasteiger partial charge is 0.472 e. The van der Waals surface area contributed by atoms with E-state index < -0.39 is 5.97 Å². The molecule has 0 bridgehead atoms. The van der Waals surface area contributed by atoms with E-state index in [9.17, 15) is 4.79 Å². The summed E-state index contributed by atoms with van der Waals surface area (Å²) in [5.74, 6) is -0.305. The van der Waals surface area contributed by atoms with Crippen LogP contribution in [0, 0.1) is 0 Å². The van der Waals surface area contributed by atoms with Crippen molar-refractivity contribution in [1.29, 1.82) is 0 Å². The molecule has 1 aromatic carbocycles. The van der Waals surface area contributed by atoms with E-state index in [1.54, 1.807) is 18.3 Å². The molecule has 3 aromatic rings. The molecule has 0 N–H and O–H groups in total. The van der Waals surface area contributed by atoms with Gasteiger partial charge in [-0.1, -0.05) is 53.7 Å². The van der Waals surface area contributed by atoms with Crippen molar-refractivity contribution in [1.82, 2.24) is 15.0 Å². The van der Waals surface area contributed by atoms with Gasteiger partial charge in [0.25, 0.3) is 0 Å². The molecule has 3 rings (SSSR count). The van der Waals surface area contributed by atoms with E-state index in [0.29, 0.717) is 16.3 Å². The van der Waals surface area contributed by atoms with Gasteiger partial charge in [-0.3, -0.25) is 0 Å². The van der Waals surface area contributed by atoms with Gasteiger partial charge in [0, 0.05) is 6.20 Å². The number of thioether (sulfide) groups is 1. The lowest BCUT2D eigenvalue weighted by Gasteiger charge is -2.15. The first-order valence-corrected chi connectivity index (χ1v) is 9.55. The minimum atomic E-state index is -0.583. The molecule has 8 heteroatoms. The summed E-state index contributed by atoms with van der Waals surface area (Å²) in [4.78, 5) is 25.1. The second-order valence-electron chi connectivity index (χ2n) is 5.37. The molecule has 6 nitrogen and oxygen atoms in total. The van der Waals surface area contributed by atoms with Crippen LogP contribution in [-0.4, -0.2) is 34.3 Å². The van der Waals surface area contributed by atoms with E-state index in [1.807, 2.05) is 36.6 Å². The standard InChI is InChI=1S/C19H16ClN3O3S/c1-25-18(24)16-15(13-8-9-21-14(20)10-13)17(23-19(22-16)27-2)26-11-12-6-4-3-5-7-12/h3-10H,11H2,1-2H3. The lowest BCUT2D eigenvalue weighted by Crippen LogP contribution is -2.11. The molecule has 0 spiro atoms. The lowest BCUT2D eigenvalue weighted by atomic mass is 10.1. The average Bonchev–Trinajstić information content (AvgIpc) is 2.71. The topological polar surface area (TPSA) is 74.2 Å². The number of methoxy groups -OCH3 is 1. The molecule has 0 aliphatic rings. The van der Waals surface area contributed by atoms with E-state index in [2.05, 4.69) is 15.0 Å². The Morgan fingerprint density at radius 3 is 2.63 bits per heavy atom. The number of pyridine rings is 1. The Hall–Kier alpha value is -2.64. The number of nitrogens with zero attached hydrogens (tertiary/aromatic N) is 3. The monoisotopic (exact) mass is 401 g/mol. The smallest absolute Gasteiger partial charge is 0.357 e. The second-order valence-corrected chi connectivity index (χ2v) is 6.53. The molecule has 138 valence electrons. The Morgan fingerprint density at radius 1 is 1.19 bits per heavy atom. The van der Waals surface area contributed by atoms with Crippen LogP contribution >= 0.6 is 23.4 Å². The number of rotatable bonds is 6. The van der Waals surface area contributed by atoms with Crippen molar-refractivity contribution >= 4 is 29.3 Å². The number of carbonyl (C=O) groups is 1. The van der Waals surface area contributed by atoms with Gasteiger partial charge in [0.1, 0.15) is 11.8 Å². The maximum atomic E-state index is 12.4. The van der Waals surface area contributed by atoms with Crippen LogP contribution in [0.2, 0.25) is 5.15 Å². The lowest BCUT2D eigenvalue weighted by molar-refractivity contribution is 0.0593. The van der Waals surface area contributed by atoms with Gasteiger partial charge in [-0.25, -0.2) is 14.8 Å². The van der Waals surface area contributed by atoms with Crippen LogP contribution in [0.25, 0.3) is 11.1 Å². The molecule has 27 heavy (non-hydrogen) atoms. The Kier molecular flexibility index (Phi) is 6.26. The van der Waals surface area contributed by atoms with Crippen molar-refractivity contribution in [2.24, 2.45) is 0 Å². The van der Waals surface area contributed by atoms with Gasteiger partial charge in [-0.15, -0.1) is 0 Å². The zero-order valence-electron chi connectivity index (χ0n) is 14.7. The Labute approximate surface area is 165 Å². The van der Waals surface area contributed by atoms with E-state index in [1.165, 1.54) is 18.9 Å². The summed E-state index contributed by atoms with van der Waals surface area (Å²) >= 11 is 7.34. The molecular weight excluding hydrogens is 386 g/mol. The molecule has 0 amide bonds. The molecule has 0 unspecified atom stereocenters. The summed E-state index contributed by atoms with van der Waals surface area (Å²) in [5, 5.41) is 0.689. The number of halogens is 1. The van der Waals surface area contributed by atoms with Crippen molar-refractivity contribution in [2.75, 3.05) is 13.4 Å². The van der Waals surface area contributed by atoms with Gasteiger partial charge in [-0.05, 0) is 29.5 Å². The third-order valence-corrected chi connectivity index (χ3v) is 4.40. The summed E-state index contributed by atoms with van der Waals surface area (Å²) in [6, 6.07) is 13.0. The minimum Gasteiger partial charge on any atom is -0.472 e. The summed E-state index contributed by atoms with van der Waals surface area (Å²) in [5.41, 5.74) is 2.12. The van der Waals surface area contributed by atoms with Gasteiger partial charge in [0.05, 0.1) is 12.7 Å². The molecule has 2 heterocycles. The second kappa shape index (κ2) is 8.83. The fourth-order valence-electron chi connectivity index (χ4n) is 2.40. The Balaban J connectivity index is 2.12. The molecule has 0 saturated heterocycles. The maximum absolute atomic E-state index is 12.4. The summed E-state index contributed by atoms with van der Waals surface area (Å²) in [6.45, 7) is 0.290. The van der Waals surface area contributed by atoms with Gasteiger partial charge >= 0.3 is 5.97 Å². The van der Waals surface area contributed by atoms with E-state index in [4.69, 9.17) is 21.1 Å². The zero-order valence-corrected chi connectivity index (χ0v) is 16.3. The molecule has 0 aliphatic heterocycles. The fourth-order valence-corrected chi connectivity index (χ4v) is 2.94. The number of carbonyl (C=O) groups excluding carboxylic acids is 1. The van der Waals surface area contributed by atoms with Crippen LogP contribution in [0.15, 0.2) is 53.8 Å². The van der Waals surface area contributed by atoms with Gasteiger partial charge in [-0.2, -0.15) is 4.98 Å². The molecular formula is C19H16ClN3O3S. The first-order chi connectivity index (χ1) is 13.1.